The van der Waals surface area contributed by atoms with Crippen LogP contribution in [0.4, 0.5) is 20.2 Å². The van der Waals surface area contributed by atoms with Crippen LogP contribution >= 0.6 is 0 Å². The Labute approximate surface area is 136 Å². The fraction of sp³-hybridized carbons (Fsp3) is 0.625. The van der Waals surface area contributed by atoms with Gasteiger partial charge in [-0.05, 0) is 12.1 Å². The fourth-order valence-corrected chi connectivity index (χ4v) is 2.70. The summed E-state index contributed by atoms with van der Waals surface area (Å²) in [6.07, 6.45) is 0. The van der Waals surface area contributed by atoms with Crippen molar-refractivity contribution >= 4 is 11.4 Å². The van der Waals surface area contributed by atoms with Crippen LogP contribution in [0.2, 0.25) is 0 Å². The summed E-state index contributed by atoms with van der Waals surface area (Å²) in [4.78, 5) is 3.61. The molecule has 23 heavy (non-hydrogen) atoms. The number of ether oxygens (including phenoxy) is 2. The first kappa shape index (κ1) is 17.9. The van der Waals surface area contributed by atoms with Crippen molar-refractivity contribution in [3.63, 3.8) is 0 Å². The lowest BCUT2D eigenvalue weighted by Crippen LogP contribution is -2.44. The molecule has 7 heteroatoms. The summed E-state index contributed by atoms with van der Waals surface area (Å²) in [5.74, 6) is -1.05. The van der Waals surface area contributed by atoms with E-state index in [0.717, 1.165) is 13.1 Å². The zero-order chi connectivity index (χ0) is 16.7. The van der Waals surface area contributed by atoms with E-state index in [4.69, 9.17) is 9.47 Å². The minimum Gasteiger partial charge on any atom is -0.383 e. The van der Waals surface area contributed by atoms with Crippen molar-refractivity contribution in [1.82, 2.24) is 5.32 Å². The standard InChI is InChI=1S/C16H25F2N3O2/c1-22-9-7-20(8-10-23-2)13-11-14(17)16(15(18)12-13)21-5-3-19-4-6-21/h11-12,19H,3-10H2,1-2H3. The van der Waals surface area contributed by atoms with E-state index in [1.165, 1.54) is 12.1 Å². The highest BCUT2D eigenvalue weighted by atomic mass is 19.1. The molecule has 1 aromatic rings. The summed E-state index contributed by atoms with van der Waals surface area (Å²) >= 11 is 0. The van der Waals surface area contributed by atoms with Gasteiger partial charge in [0, 0.05) is 59.2 Å². The van der Waals surface area contributed by atoms with E-state index in [-0.39, 0.29) is 5.69 Å². The number of nitrogens with zero attached hydrogens (tertiary/aromatic N) is 2. The van der Waals surface area contributed by atoms with Gasteiger partial charge < -0.3 is 24.6 Å². The maximum atomic E-state index is 14.5. The molecule has 0 bridgehead atoms. The minimum atomic E-state index is -0.526. The first-order chi connectivity index (χ1) is 11.2. The van der Waals surface area contributed by atoms with Crippen molar-refractivity contribution in [2.45, 2.75) is 0 Å². The number of anilines is 2. The number of hydrogen-bond donors (Lipinski definition) is 1. The third-order valence-corrected chi connectivity index (χ3v) is 3.93. The van der Waals surface area contributed by atoms with E-state index in [1.54, 1.807) is 19.1 Å². The first-order valence-electron chi connectivity index (χ1n) is 7.85. The number of nitrogens with one attached hydrogen (secondary N) is 1. The first-order valence-corrected chi connectivity index (χ1v) is 7.85. The van der Waals surface area contributed by atoms with Crippen LogP contribution in [-0.2, 0) is 9.47 Å². The van der Waals surface area contributed by atoms with E-state index >= 15 is 0 Å². The molecular formula is C16H25F2N3O2. The van der Waals surface area contributed by atoms with Crippen molar-refractivity contribution < 1.29 is 18.3 Å². The van der Waals surface area contributed by atoms with Gasteiger partial charge in [0.05, 0.1) is 13.2 Å². The van der Waals surface area contributed by atoms with Crippen LogP contribution in [0.3, 0.4) is 0 Å². The largest absolute Gasteiger partial charge is 0.383 e. The van der Waals surface area contributed by atoms with Crippen molar-refractivity contribution in [3.05, 3.63) is 23.8 Å². The molecule has 5 nitrogen and oxygen atoms in total. The van der Waals surface area contributed by atoms with Gasteiger partial charge in [0.2, 0.25) is 0 Å². The summed E-state index contributed by atoms with van der Waals surface area (Å²) in [5, 5.41) is 3.18. The second-order valence-electron chi connectivity index (χ2n) is 5.47. The van der Waals surface area contributed by atoms with Gasteiger partial charge in [-0.3, -0.25) is 0 Å². The Hall–Kier alpha value is -1.44. The summed E-state index contributed by atoms with van der Waals surface area (Å²) in [6, 6.07) is 2.79. The molecule has 0 aromatic heterocycles. The zero-order valence-electron chi connectivity index (χ0n) is 13.8. The molecule has 0 unspecified atom stereocenters. The number of methoxy groups -OCH3 is 2. The van der Waals surface area contributed by atoms with Crippen molar-refractivity contribution in [2.75, 3.05) is 76.5 Å². The maximum absolute atomic E-state index is 14.5. The quantitative estimate of drug-likeness (QED) is 0.782. The van der Waals surface area contributed by atoms with Gasteiger partial charge >= 0.3 is 0 Å². The maximum Gasteiger partial charge on any atom is 0.151 e. The molecule has 1 saturated heterocycles. The molecule has 1 aliphatic rings. The highest BCUT2D eigenvalue weighted by Gasteiger charge is 2.21. The molecule has 1 aromatic carbocycles. The fourth-order valence-electron chi connectivity index (χ4n) is 2.70. The second kappa shape index (κ2) is 9.00. The Morgan fingerprint density at radius 3 is 2.04 bits per heavy atom. The lowest BCUT2D eigenvalue weighted by atomic mass is 10.2. The van der Waals surface area contributed by atoms with E-state index in [0.29, 0.717) is 45.1 Å². The number of piperazine rings is 1. The molecule has 0 atom stereocenters. The molecule has 1 fully saturated rings. The molecular weight excluding hydrogens is 304 g/mol. The molecule has 0 amide bonds. The average Bonchev–Trinajstić information content (AvgIpc) is 2.55. The van der Waals surface area contributed by atoms with Crippen LogP contribution in [0.25, 0.3) is 0 Å². The van der Waals surface area contributed by atoms with E-state index < -0.39 is 11.6 Å². The molecule has 0 aliphatic carbocycles. The Bertz CT molecular complexity index is 465. The lowest BCUT2D eigenvalue weighted by molar-refractivity contribution is 0.190. The zero-order valence-corrected chi connectivity index (χ0v) is 13.8. The Morgan fingerprint density at radius 2 is 1.57 bits per heavy atom. The van der Waals surface area contributed by atoms with Crippen LogP contribution < -0.4 is 15.1 Å². The molecule has 130 valence electrons. The molecule has 1 aliphatic heterocycles. The second-order valence-corrected chi connectivity index (χ2v) is 5.47. The van der Waals surface area contributed by atoms with Gasteiger partial charge in [-0.25, -0.2) is 8.78 Å². The number of halogens is 2. The van der Waals surface area contributed by atoms with Crippen molar-refractivity contribution in [3.8, 4) is 0 Å². The SMILES string of the molecule is COCCN(CCOC)c1cc(F)c(N2CCNCC2)c(F)c1. The van der Waals surface area contributed by atoms with E-state index in [1.807, 2.05) is 4.90 Å². The van der Waals surface area contributed by atoms with Gasteiger partial charge in [0.25, 0.3) is 0 Å². The minimum absolute atomic E-state index is 0.0636. The van der Waals surface area contributed by atoms with Gasteiger partial charge in [0.15, 0.2) is 11.6 Å². The third-order valence-electron chi connectivity index (χ3n) is 3.93. The lowest BCUT2D eigenvalue weighted by Gasteiger charge is -2.31. The van der Waals surface area contributed by atoms with Crippen molar-refractivity contribution in [2.24, 2.45) is 0 Å². The summed E-state index contributed by atoms with van der Waals surface area (Å²) < 4.78 is 39.2. The van der Waals surface area contributed by atoms with E-state index in [2.05, 4.69) is 5.32 Å². The Balaban J connectivity index is 2.21. The highest BCUT2D eigenvalue weighted by Crippen LogP contribution is 2.29. The average molecular weight is 329 g/mol. The number of hydrogen-bond acceptors (Lipinski definition) is 5. The van der Waals surface area contributed by atoms with Gasteiger partial charge in [0.1, 0.15) is 5.69 Å². The van der Waals surface area contributed by atoms with Crippen LogP contribution in [0.1, 0.15) is 0 Å². The van der Waals surface area contributed by atoms with Crippen LogP contribution in [0.5, 0.6) is 0 Å². The molecule has 2 rings (SSSR count). The topological polar surface area (TPSA) is 37.0 Å². The molecule has 0 spiro atoms. The van der Waals surface area contributed by atoms with Crippen molar-refractivity contribution in [1.29, 1.82) is 0 Å². The Kier molecular flexibility index (Phi) is 7.01. The van der Waals surface area contributed by atoms with Gasteiger partial charge in [-0.1, -0.05) is 0 Å². The van der Waals surface area contributed by atoms with E-state index in [9.17, 15) is 8.78 Å². The molecule has 1 heterocycles. The normalized spacial score (nSPS) is 15.0. The highest BCUT2D eigenvalue weighted by molar-refractivity contribution is 5.59. The predicted molar refractivity (Wildman–Crippen MR) is 87.4 cm³/mol. The van der Waals surface area contributed by atoms with Crippen LogP contribution in [-0.4, -0.2) is 66.7 Å². The van der Waals surface area contributed by atoms with Crippen LogP contribution in [0, 0.1) is 11.6 Å². The number of rotatable bonds is 8. The number of benzene rings is 1. The summed E-state index contributed by atoms with van der Waals surface area (Å²) in [7, 11) is 3.20. The monoisotopic (exact) mass is 329 g/mol. The Morgan fingerprint density at radius 1 is 1.04 bits per heavy atom. The summed E-state index contributed by atoms with van der Waals surface area (Å²) in [6.45, 7) is 4.72. The smallest absolute Gasteiger partial charge is 0.151 e. The van der Waals surface area contributed by atoms with Gasteiger partial charge in [-0.15, -0.1) is 0 Å². The molecule has 0 saturated carbocycles. The molecule has 0 radical (unpaired) electrons. The van der Waals surface area contributed by atoms with Gasteiger partial charge in [-0.2, -0.15) is 0 Å². The molecule has 1 N–H and O–H groups in total. The summed E-state index contributed by atoms with van der Waals surface area (Å²) in [5.41, 5.74) is 0.571. The third kappa shape index (κ3) is 4.76. The predicted octanol–water partition coefficient (Wildman–Crippen LogP) is 1.47. The van der Waals surface area contributed by atoms with Crippen LogP contribution in [0.15, 0.2) is 12.1 Å².